The van der Waals surface area contributed by atoms with E-state index in [1.807, 2.05) is 6.07 Å². The van der Waals surface area contributed by atoms with Crippen LogP contribution in [0.25, 0.3) is 11.3 Å². The van der Waals surface area contributed by atoms with Crippen LogP contribution in [0.5, 0.6) is 5.75 Å². The molecule has 0 amide bonds. The number of aromatic nitrogens is 2. The number of hydrogen-bond acceptors (Lipinski definition) is 6. The van der Waals surface area contributed by atoms with Crippen molar-refractivity contribution in [3.63, 3.8) is 0 Å². The SMILES string of the molecule is CNCc1cn(S(=O)(=O)c2cccc(OC)c2)c(-c2cccnc2C#N)c1F. The van der Waals surface area contributed by atoms with Crippen LogP contribution in [0.1, 0.15) is 11.3 Å². The van der Waals surface area contributed by atoms with Crippen molar-refractivity contribution < 1.29 is 17.5 Å². The van der Waals surface area contributed by atoms with Gasteiger partial charge < -0.3 is 10.1 Å². The third-order valence-electron chi connectivity index (χ3n) is 4.12. The number of hydrogen-bond donors (Lipinski definition) is 1. The van der Waals surface area contributed by atoms with Gasteiger partial charge in [-0.2, -0.15) is 5.26 Å². The summed E-state index contributed by atoms with van der Waals surface area (Å²) < 4.78 is 47.7. The Balaban J connectivity index is 2.31. The molecule has 0 unspecified atom stereocenters. The molecule has 2 aromatic heterocycles. The molecule has 9 heteroatoms. The second kappa shape index (κ2) is 7.80. The molecule has 0 bridgehead atoms. The first-order valence-corrected chi connectivity index (χ1v) is 9.67. The number of pyridine rings is 1. The summed E-state index contributed by atoms with van der Waals surface area (Å²) in [5, 5.41) is 12.1. The minimum Gasteiger partial charge on any atom is -0.497 e. The highest BCUT2D eigenvalue weighted by atomic mass is 32.2. The van der Waals surface area contributed by atoms with Gasteiger partial charge in [0.25, 0.3) is 10.0 Å². The number of nitrogens with one attached hydrogen (secondary N) is 1. The Morgan fingerprint density at radius 2 is 2.11 bits per heavy atom. The highest BCUT2D eigenvalue weighted by Gasteiger charge is 2.28. The van der Waals surface area contributed by atoms with Gasteiger partial charge in [-0.25, -0.2) is 21.8 Å². The summed E-state index contributed by atoms with van der Waals surface area (Å²) in [7, 11) is -1.12. The molecule has 7 nitrogen and oxygen atoms in total. The fourth-order valence-electron chi connectivity index (χ4n) is 2.81. The summed E-state index contributed by atoms with van der Waals surface area (Å²) >= 11 is 0. The van der Waals surface area contributed by atoms with E-state index in [0.29, 0.717) is 5.75 Å². The smallest absolute Gasteiger partial charge is 0.268 e. The van der Waals surface area contributed by atoms with E-state index in [0.717, 1.165) is 3.97 Å². The monoisotopic (exact) mass is 400 g/mol. The molecule has 3 rings (SSSR count). The fourth-order valence-corrected chi connectivity index (χ4v) is 4.24. The average Bonchev–Trinajstić information content (AvgIpc) is 3.05. The summed E-state index contributed by atoms with van der Waals surface area (Å²) in [6.45, 7) is 0.113. The molecule has 0 saturated carbocycles. The van der Waals surface area contributed by atoms with Crippen molar-refractivity contribution in [3.05, 3.63) is 65.9 Å². The molecule has 144 valence electrons. The van der Waals surface area contributed by atoms with Crippen molar-refractivity contribution in [2.24, 2.45) is 0 Å². The summed E-state index contributed by atoms with van der Waals surface area (Å²) in [6.07, 6.45) is 2.60. The normalized spacial score (nSPS) is 11.2. The molecule has 0 spiro atoms. The molecule has 28 heavy (non-hydrogen) atoms. The second-order valence-corrected chi connectivity index (χ2v) is 7.65. The molecule has 1 N–H and O–H groups in total. The molecule has 0 aliphatic carbocycles. The van der Waals surface area contributed by atoms with Gasteiger partial charge in [-0.05, 0) is 31.3 Å². The number of halogens is 1. The number of nitrogens with zero attached hydrogens (tertiary/aromatic N) is 3. The van der Waals surface area contributed by atoms with E-state index in [4.69, 9.17) is 4.74 Å². The number of ether oxygens (including phenoxy) is 1. The predicted molar refractivity (Wildman–Crippen MR) is 101 cm³/mol. The van der Waals surface area contributed by atoms with Gasteiger partial charge in [-0.3, -0.25) is 0 Å². The zero-order chi connectivity index (χ0) is 20.3. The molecule has 0 atom stereocenters. The van der Waals surface area contributed by atoms with Crippen LogP contribution in [0.2, 0.25) is 0 Å². The highest BCUT2D eigenvalue weighted by Crippen LogP contribution is 2.32. The van der Waals surface area contributed by atoms with Crippen LogP contribution in [0.3, 0.4) is 0 Å². The summed E-state index contributed by atoms with van der Waals surface area (Å²) in [5.41, 5.74) is -0.0663. The van der Waals surface area contributed by atoms with Crippen molar-refractivity contribution in [2.45, 2.75) is 11.4 Å². The van der Waals surface area contributed by atoms with Crippen LogP contribution < -0.4 is 10.1 Å². The zero-order valence-corrected chi connectivity index (χ0v) is 16.0. The molecule has 0 radical (unpaired) electrons. The first kappa shape index (κ1) is 19.5. The van der Waals surface area contributed by atoms with Crippen molar-refractivity contribution in [3.8, 4) is 23.1 Å². The van der Waals surface area contributed by atoms with Gasteiger partial charge in [0.05, 0.1) is 12.0 Å². The van der Waals surface area contributed by atoms with Crippen molar-refractivity contribution in [2.75, 3.05) is 14.2 Å². The van der Waals surface area contributed by atoms with Gasteiger partial charge in [0.15, 0.2) is 5.82 Å². The Bertz CT molecular complexity index is 1170. The van der Waals surface area contributed by atoms with Crippen molar-refractivity contribution in [1.29, 1.82) is 5.26 Å². The molecule has 3 aromatic rings. The third-order valence-corrected chi connectivity index (χ3v) is 5.77. The van der Waals surface area contributed by atoms with Crippen LogP contribution >= 0.6 is 0 Å². The van der Waals surface area contributed by atoms with Gasteiger partial charge in [0.2, 0.25) is 0 Å². The minimum atomic E-state index is -4.16. The van der Waals surface area contributed by atoms with E-state index in [1.165, 1.54) is 49.8 Å². The minimum absolute atomic E-state index is 0.0681. The topological polar surface area (TPSA) is 97.0 Å². The first-order valence-electron chi connectivity index (χ1n) is 8.23. The Morgan fingerprint density at radius 3 is 2.79 bits per heavy atom. The quantitative estimate of drug-likeness (QED) is 0.683. The Morgan fingerprint density at radius 1 is 1.32 bits per heavy atom. The molecule has 0 aliphatic rings. The Kier molecular flexibility index (Phi) is 5.44. The molecule has 0 aliphatic heterocycles. The number of rotatable bonds is 6. The molecule has 0 fully saturated rings. The van der Waals surface area contributed by atoms with Gasteiger partial charge >= 0.3 is 0 Å². The van der Waals surface area contributed by atoms with Crippen LogP contribution in [0.4, 0.5) is 4.39 Å². The van der Waals surface area contributed by atoms with E-state index < -0.39 is 15.8 Å². The number of nitriles is 1. The van der Waals surface area contributed by atoms with E-state index in [1.54, 1.807) is 13.1 Å². The molecular formula is C19H17FN4O3S. The molecular weight excluding hydrogens is 383 g/mol. The maximum Gasteiger partial charge on any atom is 0.268 e. The zero-order valence-electron chi connectivity index (χ0n) is 15.2. The predicted octanol–water partition coefficient (Wildman–Crippen LogP) is 2.53. The standard InChI is InChI=1S/C19H17FN4O3S/c1-22-11-13-12-24(28(25,26)15-6-3-5-14(9-15)27-2)19(18(13)20)16-7-4-8-23-17(16)10-21/h3-9,12,22H,11H2,1-2H3. The third kappa shape index (κ3) is 3.35. The maximum absolute atomic E-state index is 15.2. The largest absolute Gasteiger partial charge is 0.497 e. The van der Waals surface area contributed by atoms with E-state index >= 15 is 4.39 Å². The Labute approximate surface area is 162 Å². The number of methoxy groups -OCH3 is 1. The lowest BCUT2D eigenvalue weighted by atomic mass is 10.1. The number of benzene rings is 1. The average molecular weight is 400 g/mol. The molecule has 2 heterocycles. The van der Waals surface area contributed by atoms with Crippen LogP contribution in [-0.4, -0.2) is 31.5 Å². The van der Waals surface area contributed by atoms with Gasteiger partial charge in [-0.15, -0.1) is 0 Å². The van der Waals surface area contributed by atoms with Crippen LogP contribution in [-0.2, 0) is 16.6 Å². The second-order valence-electron chi connectivity index (χ2n) is 5.84. The lowest BCUT2D eigenvalue weighted by Gasteiger charge is -2.12. The summed E-state index contributed by atoms with van der Waals surface area (Å²) in [4.78, 5) is 3.85. The van der Waals surface area contributed by atoms with Crippen molar-refractivity contribution in [1.82, 2.24) is 14.3 Å². The highest BCUT2D eigenvalue weighted by molar-refractivity contribution is 7.90. The van der Waals surface area contributed by atoms with Crippen LogP contribution in [0, 0.1) is 17.1 Å². The summed E-state index contributed by atoms with van der Waals surface area (Å²) in [5.74, 6) is -0.380. The molecule has 0 saturated heterocycles. The van der Waals surface area contributed by atoms with Gasteiger partial charge in [0.1, 0.15) is 23.2 Å². The van der Waals surface area contributed by atoms with E-state index in [2.05, 4.69) is 10.3 Å². The van der Waals surface area contributed by atoms with Gasteiger partial charge in [0, 0.05) is 36.1 Å². The lowest BCUT2D eigenvalue weighted by Crippen LogP contribution is -2.14. The van der Waals surface area contributed by atoms with E-state index in [9.17, 15) is 13.7 Å². The molecule has 1 aromatic carbocycles. The fraction of sp³-hybridized carbons (Fsp3) is 0.158. The summed E-state index contributed by atoms with van der Waals surface area (Å²) in [6, 6.07) is 10.7. The van der Waals surface area contributed by atoms with Crippen LogP contribution in [0.15, 0.2) is 53.7 Å². The first-order chi connectivity index (χ1) is 13.4. The van der Waals surface area contributed by atoms with E-state index in [-0.39, 0.29) is 34.0 Å². The lowest BCUT2D eigenvalue weighted by molar-refractivity contribution is 0.413. The van der Waals surface area contributed by atoms with Crippen molar-refractivity contribution >= 4 is 10.0 Å². The van der Waals surface area contributed by atoms with Gasteiger partial charge in [-0.1, -0.05) is 6.07 Å². The Hall–Kier alpha value is -3.22. The maximum atomic E-state index is 15.2.